The first kappa shape index (κ1) is 14.7. The van der Waals surface area contributed by atoms with Gasteiger partial charge in [0.05, 0.1) is 13.1 Å². The van der Waals surface area contributed by atoms with Gasteiger partial charge < -0.3 is 10.6 Å². The average molecular weight is 259 g/mol. The van der Waals surface area contributed by atoms with Crippen molar-refractivity contribution in [3.8, 4) is 12.3 Å². The molecule has 2 amide bonds. The van der Waals surface area contributed by atoms with Gasteiger partial charge in [0.2, 0.25) is 5.91 Å². The number of hydrogen-bond donors (Lipinski definition) is 3. The molecule has 19 heavy (non-hydrogen) atoms. The van der Waals surface area contributed by atoms with Gasteiger partial charge in [-0.1, -0.05) is 12.0 Å². The average Bonchev–Trinajstić information content (AvgIpc) is 2.40. The van der Waals surface area contributed by atoms with E-state index in [0.29, 0.717) is 17.8 Å². The summed E-state index contributed by atoms with van der Waals surface area (Å²) in [5.74, 6) is 2.00. The minimum absolute atomic E-state index is 0.133. The molecule has 0 aliphatic heterocycles. The molecule has 0 bridgehead atoms. The molecule has 0 spiro atoms. The van der Waals surface area contributed by atoms with E-state index in [4.69, 9.17) is 6.42 Å². The van der Waals surface area contributed by atoms with Crippen molar-refractivity contribution >= 4 is 17.5 Å². The van der Waals surface area contributed by atoms with Gasteiger partial charge >= 0.3 is 0 Å². The third-order valence-electron chi connectivity index (χ3n) is 2.59. The molecule has 0 saturated carbocycles. The van der Waals surface area contributed by atoms with Crippen LogP contribution in [-0.4, -0.2) is 32.0 Å². The van der Waals surface area contributed by atoms with Crippen LogP contribution in [0.4, 0.5) is 5.69 Å². The van der Waals surface area contributed by atoms with Crippen LogP contribution in [0.3, 0.4) is 0 Å². The van der Waals surface area contributed by atoms with Gasteiger partial charge in [0.25, 0.3) is 5.91 Å². The van der Waals surface area contributed by atoms with Crippen molar-refractivity contribution in [2.24, 2.45) is 0 Å². The molecule has 0 aromatic heterocycles. The molecule has 1 aromatic carbocycles. The number of terminal acetylenes is 1. The Kier molecular flexibility index (Phi) is 5.58. The molecular formula is C14H17N3O2. The van der Waals surface area contributed by atoms with Crippen molar-refractivity contribution in [1.29, 1.82) is 0 Å². The Labute approximate surface area is 112 Å². The second-order valence-corrected chi connectivity index (χ2v) is 3.91. The van der Waals surface area contributed by atoms with Crippen LogP contribution in [-0.2, 0) is 4.79 Å². The van der Waals surface area contributed by atoms with E-state index >= 15 is 0 Å². The smallest absolute Gasteiger partial charge is 0.251 e. The van der Waals surface area contributed by atoms with Gasteiger partial charge in [-0.15, -0.1) is 6.42 Å². The quantitative estimate of drug-likeness (QED) is 0.533. The molecule has 3 N–H and O–H groups in total. The Morgan fingerprint density at radius 2 is 2.11 bits per heavy atom. The number of amides is 2. The standard InChI is InChI=1S/C14H17N3O2/c1-4-8-16-9-13(18)17-12-7-5-6-11(10(12)2)14(19)15-3/h1,5-7,16H,8-9H2,2-3H3,(H,15,19)(H,17,18). The van der Waals surface area contributed by atoms with Gasteiger partial charge in [-0.05, 0) is 24.6 Å². The second-order valence-electron chi connectivity index (χ2n) is 3.91. The number of carbonyl (C=O) groups excluding carboxylic acids is 2. The highest BCUT2D eigenvalue weighted by molar-refractivity contribution is 5.99. The zero-order chi connectivity index (χ0) is 14.3. The van der Waals surface area contributed by atoms with Gasteiger partial charge in [-0.3, -0.25) is 14.9 Å². The summed E-state index contributed by atoms with van der Waals surface area (Å²) in [6.45, 7) is 2.26. The lowest BCUT2D eigenvalue weighted by Gasteiger charge is -2.11. The molecule has 0 unspecified atom stereocenters. The molecule has 0 aliphatic rings. The summed E-state index contributed by atoms with van der Waals surface area (Å²) in [4.78, 5) is 23.3. The Balaban J connectivity index is 2.77. The maximum atomic E-state index is 11.6. The predicted octanol–water partition coefficient (Wildman–Crippen LogP) is 0.516. The van der Waals surface area contributed by atoms with Crippen LogP contribution in [0, 0.1) is 19.3 Å². The lowest BCUT2D eigenvalue weighted by atomic mass is 10.1. The van der Waals surface area contributed by atoms with Crippen LogP contribution in [0.15, 0.2) is 18.2 Å². The molecule has 0 radical (unpaired) electrons. The molecular weight excluding hydrogens is 242 g/mol. The van der Waals surface area contributed by atoms with Crippen molar-refractivity contribution in [2.75, 3.05) is 25.5 Å². The van der Waals surface area contributed by atoms with Crippen molar-refractivity contribution < 1.29 is 9.59 Å². The molecule has 5 heteroatoms. The summed E-state index contributed by atoms with van der Waals surface area (Å²) in [5, 5.41) is 8.09. The van der Waals surface area contributed by atoms with Crippen LogP contribution >= 0.6 is 0 Å². The molecule has 0 saturated heterocycles. The number of anilines is 1. The van der Waals surface area contributed by atoms with E-state index in [-0.39, 0.29) is 18.4 Å². The minimum atomic E-state index is -0.201. The fourth-order valence-electron chi connectivity index (χ4n) is 1.59. The Bertz CT molecular complexity index is 518. The fraction of sp³-hybridized carbons (Fsp3) is 0.286. The van der Waals surface area contributed by atoms with Crippen LogP contribution in [0.1, 0.15) is 15.9 Å². The number of rotatable bonds is 5. The normalized spacial score (nSPS) is 9.53. The fourth-order valence-corrected chi connectivity index (χ4v) is 1.59. The highest BCUT2D eigenvalue weighted by atomic mass is 16.2. The van der Waals surface area contributed by atoms with E-state index < -0.39 is 0 Å². The minimum Gasteiger partial charge on any atom is -0.355 e. The highest BCUT2D eigenvalue weighted by Crippen LogP contribution is 2.18. The van der Waals surface area contributed by atoms with Gasteiger partial charge in [0, 0.05) is 18.3 Å². The van der Waals surface area contributed by atoms with E-state index in [1.165, 1.54) is 0 Å². The van der Waals surface area contributed by atoms with Gasteiger partial charge in [0.1, 0.15) is 0 Å². The first-order chi connectivity index (χ1) is 9.10. The maximum absolute atomic E-state index is 11.6. The predicted molar refractivity (Wildman–Crippen MR) is 74.9 cm³/mol. The summed E-state index contributed by atoms with van der Waals surface area (Å²) >= 11 is 0. The molecule has 1 aromatic rings. The first-order valence-corrected chi connectivity index (χ1v) is 5.86. The number of nitrogens with one attached hydrogen (secondary N) is 3. The van der Waals surface area contributed by atoms with Crippen LogP contribution in [0.25, 0.3) is 0 Å². The Morgan fingerprint density at radius 1 is 1.37 bits per heavy atom. The van der Waals surface area contributed by atoms with E-state index in [1.807, 2.05) is 0 Å². The Hall–Kier alpha value is -2.32. The lowest BCUT2D eigenvalue weighted by Crippen LogP contribution is -2.28. The maximum Gasteiger partial charge on any atom is 0.251 e. The van der Waals surface area contributed by atoms with Crippen LogP contribution in [0.5, 0.6) is 0 Å². The van der Waals surface area contributed by atoms with Crippen LogP contribution < -0.4 is 16.0 Å². The zero-order valence-electron chi connectivity index (χ0n) is 11.0. The van der Waals surface area contributed by atoms with E-state index in [9.17, 15) is 9.59 Å². The third kappa shape index (κ3) is 4.12. The summed E-state index contributed by atoms with van der Waals surface area (Å²) in [6.07, 6.45) is 5.07. The van der Waals surface area contributed by atoms with Crippen molar-refractivity contribution in [3.05, 3.63) is 29.3 Å². The molecule has 5 nitrogen and oxygen atoms in total. The van der Waals surface area contributed by atoms with E-state index in [1.54, 1.807) is 32.2 Å². The van der Waals surface area contributed by atoms with Gasteiger partial charge in [-0.2, -0.15) is 0 Å². The van der Waals surface area contributed by atoms with Crippen molar-refractivity contribution in [1.82, 2.24) is 10.6 Å². The number of benzene rings is 1. The lowest BCUT2D eigenvalue weighted by molar-refractivity contribution is -0.115. The Morgan fingerprint density at radius 3 is 2.74 bits per heavy atom. The van der Waals surface area contributed by atoms with Crippen molar-refractivity contribution in [2.45, 2.75) is 6.92 Å². The summed E-state index contributed by atoms with van der Waals surface area (Å²) in [5.41, 5.74) is 1.89. The number of carbonyl (C=O) groups is 2. The number of hydrogen-bond acceptors (Lipinski definition) is 3. The highest BCUT2D eigenvalue weighted by Gasteiger charge is 2.11. The van der Waals surface area contributed by atoms with E-state index in [0.717, 1.165) is 5.56 Å². The SMILES string of the molecule is C#CCNCC(=O)Nc1cccc(C(=O)NC)c1C. The van der Waals surface area contributed by atoms with Crippen LogP contribution in [0.2, 0.25) is 0 Å². The second kappa shape index (κ2) is 7.19. The topological polar surface area (TPSA) is 70.2 Å². The van der Waals surface area contributed by atoms with Crippen molar-refractivity contribution in [3.63, 3.8) is 0 Å². The largest absolute Gasteiger partial charge is 0.355 e. The monoisotopic (exact) mass is 259 g/mol. The van der Waals surface area contributed by atoms with E-state index in [2.05, 4.69) is 21.9 Å². The zero-order valence-corrected chi connectivity index (χ0v) is 11.0. The summed E-state index contributed by atoms with van der Waals surface area (Å²) in [6, 6.07) is 5.18. The summed E-state index contributed by atoms with van der Waals surface area (Å²) < 4.78 is 0. The molecule has 1 rings (SSSR count). The first-order valence-electron chi connectivity index (χ1n) is 5.86. The molecule has 0 atom stereocenters. The molecule has 0 aliphatic carbocycles. The third-order valence-corrected chi connectivity index (χ3v) is 2.59. The molecule has 0 heterocycles. The van der Waals surface area contributed by atoms with Gasteiger partial charge in [-0.25, -0.2) is 0 Å². The molecule has 0 fully saturated rings. The summed E-state index contributed by atoms with van der Waals surface area (Å²) in [7, 11) is 1.57. The molecule has 100 valence electrons. The van der Waals surface area contributed by atoms with Gasteiger partial charge in [0.15, 0.2) is 0 Å².